The standard InChI is InChI=1S/C21H23ClN2O2S/c1-18(2,17-23-14-4-3-12(22)5-15(14)27-17)8-16(25)24-13-6-19-9-20(26,7-13)11-21(19,24)10-19/h3-5,13,26H,6-11H2,1-2H3. The molecule has 142 valence electrons. The maximum atomic E-state index is 13.4. The van der Waals surface area contributed by atoms with Gasteiger partial charge in [0.15, 0.2) is 0 Å². The van der Waals surface area contributed by atoms with E-state index < -0.39 is 5.60 Å². The fourth-order valence-corrected chi connectivity index (χ4v) is 8.14. The quantitative estimate of drug-likeness (QED) is 0.833. The highest BCUT2D eigenvalue weighted by Crippen LogP contribution is 2.82. The molecule has 4 atom stereocenters. The Balaban J connectivity index is 1.29. The van der Waals surface area contributed by atoms with Gasteiger partial charge in [0.05, 0.1) is 26.4 Å². The van der Waals surface area contributed by atoms with Crippen LogP contribution in [0.3, 0.4) is 0 Å². The van der Waals surface area contributed by atoms with Gasteiger partial charge in [0.2, 0.25) is 5.91 Å². The number of carbonyl (C=O) groups is 1. The van der Waals surface area contributed by atoms with Gasteiger partial charge in [-0.15, -0.1) is 11.3 Å². The average Bonchev–Trinajstić information content (AvgIpc) is 2.83. The lowest BCUT2D eigenvalue weighted by atomic mass is 9.76. The number of fused-ring (bicyclic) bond motifs is 1. The molecule has 27 heavy (non-hydrogen) atoms. The van der Waals surface area contributed by atoms with Crippen LogP contribution >= 0.6 is 22.9 Å². The third-order valence-electron chi connectivity index (χ3n) is 7.64. The summed E-state index contributed by atoms with van der Waals surface area (Å²) in [6.07, 6.45) is 5.13. The van der Waals surface area contributed by atoms with Gasteiger partial charge >= 0.3 is 0 Å². The number of thiazole rings is 1. The summed E-state index contributed by atoms with van der Waals surface area (Å²) in [5.41, 5.74) is 0.333. The minimum absolute atomic E-state index is 0.0288. The van der Waals surface area contributed by atoms with Crippen molar-refractivity contribution in [2.75, 3.05) is 0 Å². The Morgan fingerprint density at radius 3 is 2.96 bits per heavy atom. The highest BCUT2D eigenvalue weighted by atomic mass is 35.5. The topological polar surface area (TPSA) is 53.4 Å². The molecule has 3 heterocycles. The summed E-state index contributed by atoms with van der Waals surface area (Å²) in [7, 11) is 0. The van der Waals surface area contributed by atoms with Gasteiger partial charge < -0.3 is 10.0 Å². The van der Waals surface area contributed by atoms with Crippen molar-refractivity contribution in [1.29, 1.82) is 0 Å². The van der Waals surface area contributed by atoms with Crippen LogP contribution in [-0.4, -0.2) is 38.1 Å². The Bertz CT molecular complexity index is 1020. The predicted molar refractivity (Wildman–Crippen MR) is 106 cm³/mol. The second kappa shape index (κ2) is 4.69. The highest BCUT2D eigenvalue weighted by molar-refractivity contribution is 7.18. The number of nitrogens with zero attached hydrogens (tertiary/aromatic N) is 2. The molecule has 1 aromatic carbocycles. The fraction of sp³-hybridized carbons (Fsp3) is 0.619. The van der Waals surface area contributed by atoms with Gasteiger partial charge in [-0.3, -0.25) is 4.79 Å². The molecule has 1 aromatic heterocycles. The van der Waals surface area contributed by atoms with Crippen molar-refractivity contribution in [3.8, 4) is 0 Å². The van der Waals surface area contributed by atoms with E-state index >= 15 is 0 Å². The van der Waals surface area contributed by atoms with Gasteiger partial charge in [-0.25, -0.2) is 4.98 Å². The average molecular weight is 403 g/mol. The van der Waals surface area contributed by atoms with Gasteiger partial charge in [-0.2, -0.15) is 0 Å². The van der Waals surface area contributed by atoms with Crippen LogP contribution in [0.15, 0.2) is 18.2 Å². The number of hydrogen-bond donors (Lipinski definition) is 1. The molecule has 3 aliphatic carbocycles. The summed E-state index contributed by atoms with van der Waals surface area (Å²) in [6, 6.07) is 5.99. The molecule has 6 heteroatoms. The SMILES string of the molecule is CC(C)(CC(=O)N1C2CC3(O)CC4(C2)CC14C3)c1nc2ccc(Cl)cc2s1. The Kier molecular flexibility index (Phi) is 2.91. The monoisotopic (exact) mass is 402 g/mol. The smallest absolute Gasteiger partial charge is 0.224 e. The van der Waals surface area contributed by atoms with E-state index in [1.807, 2.05) is 18.2 Å². The van der Waals surface area contributed by atoms with Crippen LogP contribution in [0.25, 0.3) is 10.2 Å². The van der Waals surface area contributed by atoms with Crippen molar-refractivity contribution in [3.05, 3.63) is 28.2 Å². The summed E-state index contributed by atoms with van der Waals surface area (Å²) in [5, 5.41) is 12.5. The number of hydrogen-bond acceptors (Lipinski definition) is 4. The zero-order valence-electron chi connectivity index (χ0n) is 15.6. The Hall–Kier alpha value is -1.17. The highest BCUT2D eigenvalue weighted by Gasteiger charge is 2.86. The van der Waals surface area contributed by atoms with E-state index in [4.69, 9.17) is 16.6 Å². The first kappa shape index (κ1) is 16.8. The first-order valence-corrected chi connectivity index (χ1v) is 11.0. The lowest BCUT2D eigenvalue weighted by Crippen LogP contribution is -2.55. The zero-order valence-corrected chi connectivity index (χ0v) is 17.2. The molecule has 1 amide bonds. The Morgan fingerprint density at radius 1 is 1.37 bits per heavy atom. The van der Waals surface area contributed by atoms with Gasteiger partial charge in [0, 0.05) is 34.7 Å². The summed E-state index contributed by atoms with van der Waals surface area (Å²) < 4.78 is 1.07. The van der Waals surface area contributed by atoms with Crippen molar-refractivity contribution in [2.24, 2.45) is 5.41 Å². The lowest BCUT2D eigenvalue weighted by Gasteiger charge is -2.46. The van der Waals surface area contributed by atoms with E-state index in [2.05, 4.69) is 18.7 Å². The first-order valence-electron chi connectivity index (χ1n) is 9.77. The van der Waals surface area contributed by atoms with Crippen molar-refractivity contribution in [2.45, 2.75) is 75.0 Å². The summed E-state index contributed by atoms with van der Waals surface area (Å²) >= 11 is 7.75. The molecule has 2 saturated heterocycles. The molecule has 4 nitrogen and oxygen atoms in total. The Morgan fingerprint density at radius 2 is 2.19 bits per heavy atom. The third-order valence-corrected chi connectivity index (χ3v) is 9.26. The van der Waals surface area contributed by atoms with Gasteiger partial charge in [-0.1, -0.05) is 25.4 Å². The molecule has 4 bridgehead atoms. The van der Waals surface area contributed by atoms with Crippen LogP contribution in [-0.2, 0) is 10.2 Å². The number of carbonyl (C=O) groups excluding carboxylic acids is 1. The number of rotatable bonds is 3. The van der Waals surface area contributed by atoms with Gasteiger partial charge in [-0.05, 0) is 43.9 Å². The molecule has 0 radical (unpaired) electrons. The summed E-state index contributed by atoms with van der Waals surface area (Å²) in [5.74, 6) is 0.241. The summed E-state index contributed by atoms with van der Waals surface area (Å²) in [4.78, 5) is 20.4. The van der Waals surface area contributed by atoms with Gasteiger partial charge in [0.25, 0.3) is 0 Å². The lowest BCUT2D eigenvalue weighted by molar-refractivity contribution is -0.144. The molecule has 5 fully saturated rings. The number of amides is 1. The van der Waals surface area contributed by atoms with E-state index in [1.54, 1.807) is 11.3 Å². The minimum Gasteiger partial charge on any atom is -0.390 e. The van der Waals surface area contributed by atoms with E-state index in [0.29, 0.717) is 11.4 Å². The molecule has 3 saturated carbocycles. The molecule has 2 aromatic rings. The van der Waals surface area contributed by atoms with Crippen molar-refractivity contribution in [3.63, 3.8) is 0 Å². The van der Waals surface area contributed by atoms with E-state index in [-0.39, 0.29) is 28.3 Å². The molecule has 4 unspecified atom stereocenters. The van der Waals surface area contributed by atoms with Crippen LogP contribution in [0.5, 0.6) is 0 Å². The fourth-order valence-electron chi connectivity index (χ4n) is 6.80. The van der Waals surface area contributed by atoms with Crippen molar-refractivity contribution in [1.82, 2.24) is 9.88 Å². The van der Waals surface area contributed by atoms with Crippen LogP contribution in [0.1, 0.15) is 57.4 Å². The molecule has 2 spiro atoms. The first-order chi connectivity index (χ1) is 12.7. The van der Waals surface area contributed by atoms with Crippen LogP contribution in [0.2, 0.25) is 5.02 Å². The normalized spacial score (nSPS) is 38.7. The zero-order chi connectivity index (χ0) is 18.8. The third kappa shape index (κ3) is 2.03. The maximum Gasteiger partial charge on any atom is 0.224 e. The Labute approximate surface area is 167 Å². The largest absolute Gasteiger partial charge is 0.390 e. The second-order valence-corrected chi connectivity index (χ2v) is 11.6. The molecular weight excluding hydrogens is 380 g/mol. The molecule has 5 aliphatic rings. The van der Waals surface area contributed by atoms with Gasteiger partial charge in [0.1, 0.15) is 0 Å². The van der Waals surface area contributed by atoms with E-state index in [9.17, 15) is 9.90 Å². The van der Waals surface area contributed by atoms with Crippen LogP contribution in [0, 0.1) is 5.41 Å². The van der Waals surface area contributed by atoms with Crippen LogP contribution < -0.4 is 0 Å². The minimum atomic E-state index is -0.500. The van der Waals surface area contributed by atoms with Crippen molar-refractivity contribution < 1.29 is 9.90 Å². The predicted octanol–water partition coefficient (Wildman–Crippen LogP) is 4.28. The number of piperidine rings is 2. The summed E-state index contributed by atoms with van der Waals surface area (Å²) in [6.45, 7) is 4.23. The number of aliphatic hydroxyl groups is 1. The second-order valence-electron chi connectivity index (χ2n) is 10.1. The molecular formula is C21H23ClN2O2S. The maximum absolute atomic E-state index is 13.4. The van der Waals surface area contributed by atoms with Crippen LogP contribution in [0.4, 0.5) is 0 Å². The number of aromatic nitrogens is 1. The molecule has 2 aliphatic heterocycles. The van der Waals surface area contributed by atoms with E-state index in [0.717, 1.165) is 47.3 Å². The number of benzene rings is 1. The van der Waals surface area contributed by atoms with Crippen molar-refractivity contribution >= 4 is 39.1 Å². The van der Waals surface area contributed by atoms with E-state index in [1.165, 1.54) is 0 Å². The molecule has 7 rings (SSSR count). The number of halogens is 1. The molecule has 1 N–H and O–H groups in total.